The second-order valence-corrected chi connectivity index (χ2v) is 11.7. The van der Waals surface area contributed by atoms with Gasteiger partial charge in [0.05, 0.1) is 17.3 Å². The molecule has 3 aromatic rings. The fourth-order valence-corrected chi connectivity index (χ4v) is 5.81. The highest BCUT2D eigenvalue weighted by molar-refractivity contribution is 5.85. The van der Waals surface area contributed by atoms with Crippen LogP contribution in [0.25, 0.3) is 22.2 Å². The van der Waals surface area contributed by atoms with Gasteiger partial charge in [0.1, 0.15) is 0 Å². The quantitative estimate of drug-likeness (QED) is 0.128. The molecule has 0 aliphatic heterocycles. The Labute approximate surface area is 245 Å². The number of hydrogen-bond donors (Lipinski definition) is 1. The largest absolute Gasteiger partial charge is 0.387 e. The van der Waals surface area contributed by atoms with Crippen molar-refractivity contribution in [3.8, 4) is 11.3 Å². The molecule has 0 bridgehead atoms. The number of para-hydroxylation sites is 1. The van der Waals surface area contributed by atoms with E-state index in [1.54, 1.807) is 0 Å². The number of rotatable bonds is 22. The van der Waals surface area contributed by atoms with Crippen molar-refractivity contribution in [2.45, 2.75) is 123 Å². The van der Waals surface area contributed by atoms with E-state index in [4.69, 9.17) is 4.98 Å². The average Bonchev–Trinajstić information content (AvgIpc) is 2.99. The van der Waals surface area contributed by atoms with Crippen molar-refractivity contribution >= 4 is 10.9 Å². The summed E-state index contributed by atoms with van der Waals surface area (Å²) in [7, 11) is 0. The van der Waals surface area contributed by atoms with Crippen molar-refractivity contribution in [1.29, 1.82) is 0 Å². The van der Waals surface area contributed by atoms with E-state index in [0.29, 0.717) is 6.54 Å². The summed E-state index contributed by atoms with van der Waals surface area (Å²) in [5, 5.41) is 12.7. The molecule has 3 heteroatoms. The van der Waals surface area contributed by atoms with E-state index < -0.39 is 6.10 Å². The fourth-order valence-electron chi connectivity index (χ4n) is 5.81. The van der Waals surface area contributed by atoms with E-state index in [9.17, 15) is 5.11 Å². The molecule has 0 aliphatic rings. The molecule has 0 saturated heterocycles. The van der Waals surface area contributed by atoms with Gasteiger partial charge in [-0.1, -0.05) is 152 Å². The maximum atomic E-state index is 11.6. The molecule has 1 heterocycles. The Morgan fingerprint density at radius 2 is 1.12 bits per heavy atom. The summed E-state index contributed by atoms with van der Waals surface area (Å²) < 4.78 is 0. The molecule has 40 heavy (non-hydrogen) atoms. The van der Waals surface area contributed by atoms with Crippen molar-refractivity contribution in [1.82, 2.24) is 9.88 Å². The Kier molecular flexibility index (Phi) is 16.0. The topological polar surface area (TPSA) is 36.4 Å². The van der Waals surface area contributed by atoms with Gasteiger partial charge in [0, 0.05) is 17.5 Å². The number of unbranched alkanes of at least 4 members (excludes halogenated alkanes) is 14. The molecule has 2 aromatic carbocycles. The lowest BCUT2D eigenvalue weighted by atomic mass is 9.99. The first-order valence-corrected chi connectivity index (χ1v) is 16.6. The molecule has 1 aromatic heterocycles. The van der Waals surface area contributed by atoms with Gasteiger partial charge in [-0.25, -0.2) is 4.98 Å². The highest BCUT2D eigenvalue weighted by atomic mass is 16.3. The molecule has 0 aliphatic carbocycles. The number of hydrogen-bond acceptors (Lipinski definition) is 3. The Balaban J connectivity index is 1.61. The minimum Gasteiger partial charge on any atom is -0.387 e. The van der Waals surface area contributed by atoms with Crippen LogP contribution in [0.1, 0.15) is 128 Å². The second-order valence-electron chi connectivity index (χ2n) is 11.7. The van der Waals surface area contributed by atoms with Crippen molar-refractivity contribution in [2.75, 3.05) is 19.6 Å². The van der Waals surface area contributed by atoms with Crippen molar-refractivity contribution in [3.63, 3.8) is 0 Å². The van der Waals surface area contributed by atoms with Gasteiger partial charge in [-0.2, -0.15) is 0 Å². The van der Waals surface area contributed by atoms with Gasteiger partial charge in [-0.15, -0.1) is 0 Å². The SMILES string of the molecule is CCCCCCCCCCN(CCCCCCCCCC)CC(O)c1cc(-c2ccccc2)nc2ccccc12. The van der Waals surface area contributed by atoms with Gasteiger partial charge in [0.25, 0.3) is 0 Å². The summed E-state index contributed by atoms with van der Waals surface area (Å²) in [5.74, 6) is 0. The molecule has 220 valence electrons. The monoisotopic (exact) mass is 544 g/mol. The first kappa shape index (κ1) is 32.3. The van der Waals surface area contributed by atoms with Gasteiger partial charge < -0.3 is 10.0 Å². The molecule has 0 fully saturated rings. The summed E-state index contributed by atoms with van der Waals surface area (Å²) in [6.45, 7) is 7.42. The van der Waals surface area contributed by atoms with Gasteiger partial charge >= 0.3 is 0 Å². The molecule has 0 saturated carbocycles. The van der Waals surface area contributed by atoms with Crippen LogP contribution < -0.4 is 0 Å². The predicted molar refractivity (Wildman–Crippen MR) is 174 cm³/mol. The lowest BCUT2D eigenvalue weighted by Crippen LogP contribution is -2.31. The van der Waals surface area contributed by atoms with Crippen molar-refractivity contribution in [3.05, 3.63) is 66.2 Å². The van der Waals surface area contributed by atoms with Crippen molar-refractivity contribution in [2.24, 2.45) is 0 Å². The Morgan fingerprint density at radius 3 is 1.70 bits per heavy atom. The van der Waals surface area contributed by atoms with Crippen LogP contribution in [-0.4, -0.2) is 34.6 Å². The maximum absolute atomic E-state index is 11.6. The molecule has 3 rings (SSSR count). The molecular formula is C37H56N2O. The summed E-state index contributed by atoms with van der Waals surface area (Å²) in [6, 6.07) is 20.7. The van der Waals surface area contributed by atoms with Crippen LogP contribution in [0.3, 0.4) is 0 Å². The van der Waals surface area contributed by atoms with Crippen LogP contribution in [0.15, 0.2) is 60.7 Å². The number of aromatic nitrogens is 1. The van der Waals surface area contributed by atoms with Crippen LogP contribution in [0.2, 0.25) is 0 Å². The van der Waals surface area contributed by atoms with E-state index in [1.807, 2.05) is 12.1 Å². The van der Waals surface area contributed by atoms with E-state index in [2.05, 4.69) is 67.3 Å². The predicted octanol–water partition coefficient (Wildman–Crippen LogP) is 10.5. The zero-order valence-electron chi connectivity index (χ0n) is 25.6. The Bertz CT molecular complexity index is 1030. The average molecular weight is 545 g/mol. The molecule has 1 unspecified atom stereocenters. The summed E-state index contributed by atoms with van der Waals surface area (Å²) in [6.07, 6.45) is 20.9. The second kappa shape index (κ2) is 19.8. The highest BCUT2D eigenvalue weighted by Gasteiger charge is 2.18. The zero-order valence-corrected chi connectivity index (χ0v) is 25.6. The number of pyridine rings is 1. The van der Waals surface area contributed by atoms with Crippen LogP contribution in [-0.2, 0) is 0 Å². The van der Waals surface area contributed by atoms with Crippen LogP contribution in [0.5, 0.6) is 0 Å². The summed E-state index contributed by atoms with van der Waals surface area (Å²) >= 11 is 0. The third-order valence-corrected chi connectivity index (χ3v) is 8.26. The first-order valence-electron chi connectivity index (χ1n) is 16.6. The van der Waals surface area contributed by atoms with Crippen LogP contribution >= 0.6 is 0 Å². The van der Waals surface area contributed by atoms with Gasteiger partial charge in [-0.3, -0.25) is 0 Å². The number of aliphatic hydroxyl groups is 1. The fraction of sp³-hybridized carbons (Fsp3) is 0.595. The molecule has 0 radical (unpaired) electrons. The number of benzene rings is 2. The molecule has 1 N–H and O–H groups in total. The normalized spacial score (nSPS) is 12.4. The van der Waals surface area contributed by atoms with E-state index in [-0.39, 0.29) is 0 Å². The van der Waals surface area contributed by atoms with Gasteiger partial charge in [-0.05, 0) is 43.6 Å². The third-order valence-electron chi connectivity index (χ3n) is 8.26. The summed E-state index contributed by atoms with van der Waals surface area (Å²) in [4.78, 5) is 7.47. The number of nitrogens with zero attached hydrogens (tertiary/aromatic N) is 2. The lowest BCUT2D eigenvalue weighted by molar-refractivity contribution is 0.111. The molecular weight excluding hydrogens is 488 g/mol. The molecule has 3 nitrogen and oxygen atoms in total. The molecule has 1 atom stereocenters. The minimum atomic E-state index is -0.529. The van der Waals surface area contributed by atoms with E-state index in [1.165, 1.54) is 103 Å². The maximum Gasteiger partial charge on any atom is 0.0924 e. The minimum absolute atomic E-state index is 0.529. The van der Waals surface area contributed by atoms with Gasteiger partial charge in [0.15, 0.2) is 0 Å². The third kappa shape index (κ3) is 11.7. The molecule has 0 amide bonds. The van der Waals surface area contributed by atoms with E-state index >= 15 is 0 Å². The van der Waals surface area contributed by atoms with Gasteiger partial charge in [0.2, 0.25) is 0 Å². The van der Waals surface area contributed by atoms with E-state index in [0.717, 1.165) is 40.8 Å². The smallest absolute Gasteiger partial charge is 0.0924 e. The van der Waals surface area contributed by atoms with Crippen LogP contribution in [0, 0.1) is 0 Å². The zero-order chi connectivity index (χ0) is 28.3. The first-order chi connectivity index (χ1) is 19.7. The van der Waals surface area contributed by atoms with Crippen molar-refractivity contribution < 1.29 is 5.11 Å². The lowest BCUT2D eigenvalue weighted by Gasteiger charge is -2.26. The highest BCUT2D eigenvalue weighted by Crippen LogP contribution is 2.29. The number of fused-ring (bicyclic) bond motifs is 1. The van der Waals surface area contributed by atoms with Crippen LogP contribution in [0.4, 0.5) is 0 Å². The molecule has 0 spiro atoms. The standard InChI is InChI=1S/C37H56N2O/c1-3-5-7-9-11-13-15-22-28-39(29-23-16-14-12-10-8-6-4-2)31-37(40)34-30-36(32-24-18-17-19-25-32)38-35-27-21-20-26-33(34)35/h17-21,24-27,30,37,40H,3-16,22-23,28-29,31H2,1-2H3. The number of aliphatic hydroxyl groups excluding tert-OH is 1. The summed E-state index contributed by atoms with van der Waals surface area (Å²) in [5.41, 5.74) is 3.99. The Morgan fingerprint density at radius 1 is 0.625 bits per heavy atom. The Hall–Kier alpha value is -2.23.